The van der Waals surface area contributed by atoms with Crippen molar-refractivity contribution < 1.29 is 4.79 Å². The van der Waals surface area contributed by atoms with Gasteiger partial charge in [0, 0.05) is 19.0 Å². The number of nitrogens with two attached hydrogens (primary N) is 1. The average Bonchev–Trinajstić information content (AvgIpc) is 2.51. The van der Waals surface area contributed by atoms with E-state index in [9.17, 15) is 4.79 Å². The third-order valence-corrected chi connectivity index (χ3v) is 4.48. The molecule has 0 saturated carbocycles. The van der Waals surface area contributed by atoms with Gasteiger partial charge >= 0.3 is 0 Å². The zero-order valence-electron chi connectivity index (χ0n) is 13.5. The number of hydrogen-bond donors (Lipinski definition) is 2. The molecule has 0 aliphatic heterocycles. The molecule has 1 aliphatic carbocycles. The fourth-order valence-electron chi connectivity index (χ4n) is 3.20. The Bertz CT molecular complexity index is 464. The van der Waals surface area contributed by atoms with Gasteiger partial charge in [0.25, 0.3) is 0 Å². The lowest BCUT2D eigenvalue weighted by Crippen LogP contribution is -2.41. The summed E-state index contributed by atoms with van der Waals surface area (Å²) in [7, 11) is 0. The smallest absolute Gasteiger partial charge is 0.220 e. The standard InChI is InChI=1S/C18H28N2O.ClH/c1-2-3-8-17(13-19)20-18(21)12-14-9-10-15-6-4-5-7-16(15)11-14;/h4-7,14,17H,2-3,8-13,19H2,1H3,(H,20,21);1H. The van der Waals surface area contributed by atoms with Gasteiger partial charge in [-0.05, 0) is 42.7 Å². The van der Waals surface area contributed by atoms with E-state index < -0.39 is 0 Å². The van der Waals surface area contributed by atoms with Crippen molar-refractivity contribution in [2.45, 2.75) is 57.9 Å². The fourth-order valence-corrected chi connectivity index (χ4v) is 3.20. The third-order valence-electron chi connectivity index (χ3n) is 4.48. The predicted octanol–water partition coefficient (Wildman–Crippen LogP) is 3.24. The topological polar surface area (TPSA) is 55.1 Å². The molecule has 124 valence electrons. The van der Waals surface area contributed by atoms with E-state index in [0.717, 1.165) is 38.5 Å². The van der Waals surface area contributed by atoms with Crippen molar-refractivity contribution in [1.82, 2.24) is 5.32 Å². The molecule has 0 spiro atoms. The highest BCUT2D eigenvalue weighted by Gasteiger charge is 2.21. The van der Waals surface area contributed by atoms with Gasteiger partial charge < -0.3 is 11.1 Å². The predicted molar refractivity (Wildman–Crippen MR) is 94.3 cm³/mol. The first-order valence-electron chi connectivity index (χ1n) is 8.29. The van der Waals surface area contributed by atoms with E-state index in [1.165, 1.54) is 11.1 Å². The Morgan fingerprint density at radius 2 is 2.09 bits per heavy atom. The van der Waals surface area contributed by atoms with Crippen LogP contribution in [-0.2, 0) is 17.6 Å². The Hall–Kier alpha value is -1.06. The summed E-state index contributed by atoms with van der Waals surface area (Å²) in [5.74, 6) is 0.649. The van der Waals surface area contributed by atoms with Crippen molar-refractivity contribution in [3.63, 3.8) is 0 Å². The molecule has 0 heterocycles. The number of fused-ring (bicyclic) bond motifs is 1. The van der Waals surface area contributed by atoms with Gasteiger partial charge in [0.15, 0.2) is 0 Å². The number of unbranched alkanes of at least 4 members (excludes halogenated alkanes) is 1. The summed E-state index contributed by atoms with van der Waals surface area (Å²) < 4.78 is 0. The van der Waals surface area contributed by atoms with Gasteiger partial charge in [-0.25, -0.2) is 0 Å². The normalized spacial score (nSPS) is 18.0. The minimum absolute atomic E-state index is 0. The van der Waals surface area contributed by atoms with Gasteiger partial charge in [-0.2, -0.15) is 0 Å². The van der Waals surface area contributed by atoms with E-state index in [0.29, 0.717) is 18.9 Å². The molecule has 1 aromatic carbocycles. The number of hydrogen-bond acceptors (Lipinski definition) is 2. The van der Waals surface area contributed by atoms with Crippen LogP contribution in [0.1, 0.15) is 50.2 Å². The lowest BCUT2D eigenvalue weighted by atomic mass is 9.82. The van der Waals surface area contributed by atoms with Crippen LogP contribution in [0.15, 0.2) is 24.3 Å². The average molecular weight is 325 g/mol. The van der Waals surface area contributed by atoms with Gasteiger partial charge in [-0.15, -0.1) is 12.4 Å². The van der Waals surface area contributed by atoms with Crippen molar-refractivity contribution in [3.05, 3.63) is 35.4 Å². The van der Waals surface area contributed by atoms with Crippen molar-refractivity contribution >= 4 is 18.3 Å². The number of carbonyl (C=O) groups excluding carboxylic acids is 1. The zero-order chi connectivity index (χ0) is 15.1. The molecule has 1 amide bonds. The minimum Gasteiger partial charge on any atom is -0.352 e. The van der Waals surface area contributed by atoms with Gasteiger partial charge in [-0.1, -0.05) is 44.0 Å². The zero-order valence-corrected chi connectivity index (χ0v) is 14.3. The minimum atomic E-state index is 0. The van der Waals surface area contributed by atoms with Crippen molar-refractivity contribution in [1.29, 1.82) is 0 Å². The van der Waals surface area contributed by atoms with Crippen LogP contribution in [0.3, 0.4) is 0 Å². The van der Waals surface area contributed by atoms with E-state index in [4.69, 9.17) is 5.73 Å². The first kappa shape index (κ1) is 19.0. The summed E-state index contributed by atoms with van der Waals surface area (Å²) in [6.45, 7) is 2.70. The molecule has 4 heteroatoms. The molecular formula is C18H29ClN2O. The summed E-state index contributed by atoms with van der Waals surface area (Å²) in [5, 5.41) is 3.11. The maximum absolute atomic E-state index is 12.2. The lowest BCUT2D eigenvalue weighted by Gasteiger charge is -2.25. The van der Waals surface area contributed by atoms with E-state index >= 15 is 0 Å². The highest BCUT2D eigenvalue weighted by Crippen LogP contribution is 2.27. The molecule has 22 heavy (non-hydrogen) atoms. The van der Waals surface area contributed by atoms with E-state index in [-0.39, 0.29) is 24.4 Å². The van der Waals surface area contributed by atoms with Crippen LogP contribution >= 0.6 is 12.4 Å². The van der Waals surface area contributed by atoms with Crippen LogP contribution in [0.5, 0.6) is 0 Å². The molecule has 0 aromatic heterocycles. The number of rotatable bonds is 7. The molecule has 3 N–H and O–H groups in total. The number of nitrogens with one attached hydrogen (secondary N) is 1. The van der Waals surface area contributed by atoms with Gasteiger partial charge in [0.2, 0.25) is 5.91 Å². The number of aryl methyl sites for hydroxylation is 1. The number of halogens is 1. The summed E-state index contributed by atoms with van der Waals surface area (Å²) >= 11 is 0. The second-order valence-electron chi connectivity index (χ2n) is 6.22. The Morgan fingerprint density at radius 3 is 2.77 bits per heavy atom. The van der Waals surface area contributed by atoms with E-state index in [1.54, 1.807) is 0 Å². The lowest BCUT2D eigenvalue weighted by molar-refractivity contribution is -0.122. The molecule has 2 rings (SSSR count). The van der Waals surface area contributed by atoms with Crippen molar-refractivity contribution in [3.8, 4) is 0 Å². The second kappa shape index (κ2) is 9.86. The van der Waals surface area contributed by atoms with Crippen molar-refractivity contribution in [2.24, 2.45) is 11.7 Å². The van der Waals surface area contributed by atoms with E-state index in [2.05, 4.69) is 36.5 Å². The van der Waals surface area contributed by atoms with Gasteiger partial charge in [0.1, 0.15) is 0 Å². The maximum atomic E-state index is 12.2. The van der Waals surface area contributed by atoms with Crippen LogP contribution in [0.2, 0.25) is 0 Å². The Morgan fingerprint density at radius 1 is 1.36 bits per heavy atom. The molecule has 0 radical (unpaired) electrons. The first-order chi connectivity index (χ1) is 10.2. The largest absolute Gasteiger partial charge is 0.352 e. The molecule has 0 bridgehead atoms. The summed E-state index contributed by atoms with van der Waals surface area (Å²) in [4.78, 5) is 12.2. The summed E-state index contributed by atoms with van der Waals surface area (Å²) in [6, 6.07) is 8.75. The fraction of sp³-hybridized carbons (Fsp3) is 0.611. The van der Waals surface area contributed by atoms with Gasteiger partial charge in [0.05, 0.1) is 0 Å². The molecule has 3 nitrogen and oxygen atoms in total. The molecular weight excluding hydrogens is 296 g/mol. The van der Waals surface area contributed by atoms with Crippen LogP contribution < -0.4 is 11.1 Å². The third kappa shape index (κ3) is 5.62. The summed E-state index contributed by atoms with van der Waals surface area (Å²) in [5.41, 5.74) is 8.62. The number of carbonyl (C=O) groups is 1. The summed E-state index contributed by atoms with van der Waals surface area (Å²) in [6.07, 6.45) is 7.15. The Labute approximate surface area is 140 Å². The van der Waals surface area contributed by atoms with Crippen LogP contribution in [0.4, 0.5) is 0 Å². The molecule has 0 saturated heterocycles. The SMILES string of the molecule is CCCCC(CN)NC(=O)CC1CCc2ccccc2C1.Cl. The molecule has 0 fully saturated rings. The highest BCUT2D eigenvalue weighted by atomic mass is 35.5. The van der Waals surface area contributed by atoms with Crippen LogP contribution in [0, 0.1) is 5.92 Å². The maximum Gasteiger partial charge on any atom is 0.220 e. The van der Waals surface area contributed by atoms with Crippen LogP contribution in [0.25, 0.3) is 0 Å². The quantitative estimate of drug-likeness (QED) is 0.809. The Kier molecular flexibility index (Phi) is 8.51. The van der Waals surface area contributed by atoms with E-state index in [1.807, 2.05) is 0 Å². The number of amides is 1. The molecule has 2 atom stereocenters. The van der Waals surface area contributed by atoms with Crippen molar-refractivity contribution in [2.75, 3.05) is 6.54 Å². The molecule has 2 unspecified atom stereocenters. The monoisotopic (exact) mass is 324 g/mol. The highest BCUT2D eigenvalue weighted by molar-refractivity contribution is 5.85. The second-order valence-corrected chi connectivity index (χ2v) is 6.22. The molecule has 1 aliphatic rings. The van der Waals surface area contributed by atoms with Crippen LogP contribution in [-0.4, -0.2) is 18.5 Å². The van der Waals surface area contributed by atoms with Gasteiger partial charge in [-0.3, -0.25) is 4.79 Å². The molecule has 1 aromatic rings. The Balaban J connectivity index is 0.00000242. The first-order valence-corrected chi connectivity index (χ1v) is 8.29. The number of benzene rings is 1.